The molecule has 0 saturated carbocycles. The van der Waals surface area contributed by atoms with Crippen LogP contribution in [0, 0.1) is 0 Å². The Kier molecular flexibility index (Phi) is 7.70. The molecule has 0 spiro atoms. The van der Waals surface area contributed by atoms with E-state index in [4.69, 9.17) is 9.22 Å². The van der Waals surface area contributed by atoms with Crippen LogP contribution < -0.4 is 0 Å². The van der Waals surface area contributed by atoms with Crippen LogP contribution in [0.5, 0.6) is 0 Å². The fourth-order valence-electron chi connectivity index (χ4n) is 2.02. The molecule has 0 aliphatic carbocycles. The van der Waals surface area contributed by atoms with E-state index in [0.717, 1.165) is 0 Å². The SMILES string of the molecule is C[CH](CCO)[Sn]([O]C(C)(C)C)([O]C(C)(C)C)[O]C(C)(C)C. The average molecular weight is 411 g/mol. The minimum atomic E-state index is -3.90. The van der Waals surface area contributed by atoms with E-state index in [-0.39, 0.29) is 27.3 Å². The molecule has 1 atom stereocenters. The molecule has 0 fully saturated rings. The second kappa shape index (κ2) is 7.47. The van der Waals surface area contributed by atoms with Gasteiger partial charge in [0.1, 0.15) is 0 Å². The Morgan fingerprint density at radius 1 is 0.762 bits per heavy atom. The van der Waals surface area contributed by atoms with Crippen molar-refractivity contribution in [1.29, 1.82) is 0 Å². The van der Waals surface area contributed by atoms with Gasteiger partial charge in [0.25, 0.3) is 0 Å². The van der Waals surface area contributed by atoms with Crippen LogP contribution in [0.25, 0.3) is 0 Å². The van der Waals surface area contributed by atoms with Gasteiger partial charge in [-0.3, -0.25) is 0 Å². The molecule has 1 unspecified atom stereocenters. The Morgan fingerprint density at radius 3 is 1.24 bits per heavy atom. The topological polar surface area (TPSA) is 47.9 Å². The van der Waals surface area contributed by atoms with E-state index in [9.17, 15) is 5.11 Å². The summed E-state index contributed by atoms with van der Waals surface area (Å²) in [7, 11) is 0. The van der Waals surface area contributed by atoms with Gasteiger partial charge in [0.2, 0.25) is 0 Å². The number of rotatable bonds is 6. The average Bonchev–Trinajstić information content (AvgIpc) is 2.08. The second-order valence-corrected chi connectivity index (χ2v) is 16.7. The standard InChI is InChI=1S/4C4H9O.Sn/c3*1-4(2,3)5;1-2-3-4-5;/h3*1-3H3;2,5H,3-4H2,1H3;/q3*-1;;+3. The van der Waals surface area contributed by atoms with Gasteiger partial charge in [0, 0.05) is 0 Å². The molecule has 5 heteroatoms. The Bertz CT molecular complexity index is 269. The van der Waals surface area contributed by atoms with E-state index < -0.39 is 19.6 Å². The number of aliphatic hydroxyl groups is 1. The molecule has 0 aliphatic rings. The molecule has 21 heavy (non-hydrogen) atoms. The first-order valence-corrected chi connectivity index (χ1v) is 13.0. The van der Waals surface area contributed by atoms with E-state index >= 15 is 0 Å². The van der Waals surface area contributed by atoms with E-state index in [2.05, 4.69) is 6.92 Å². The van der Waals surface area contributed by atoms with Crippen molar-refractivity contribution in [3.63, 3.8) is 0 Å². The fraction of sp³-hybridized carbons (Fsp3) is 1.00. The van der Waals surface area contributed by atoms with Crippen molar-refractivity contribution in [3.05, 3.63) is 0 Å². The summed E-state index contributed by atoms with van der Waals surface area (Å²) in [4.78, 5) is 0. The normalized spacial score (nSPS) is 16.1. The molecule has 4 nitrogen and oxygen atoms in total. The fourth-order valence-corrected chi connectivity index (χ4v) is 12.8. The monoisotopic (exact) mass is 412 g/mol. The first kappa shape index (κ1) is 21.6. The van der Waals surface area contributed by atoms with Crippen LogP contribution in [0.3, 0.4) is 0 Å². The van der Waals surface area contributed by atoms with E-state index in [0.29, 0.717) is 6.42 Å². The summed E-state index contributed by atoms with van der Waals surface area (Å²) in [5, 5.41) is 9.36. The van der Waals surface area contributed by atoms with Crippen LogP contribution >= 0.6 is 0 Å². The molecule has 128 valence electrons. The zero-order chi connectivity index (χ0) is 17.1. The van der Waals surface area contributed by atoms with Gasteiger partial charge in [-0.25, -0.2) is 0 Å². The van der Waals surface area contributed by atoms with Crippen molar-refractivity contribution in [2.75, 3.05) is 6.61 Å². The summed E-state index contributed by atoms with van der Waals surface area (Å²) in [6.45, 7) is 20.5. The zero-order valence-electron chi connectivity index (χ0n) is 15.7. The molecule has 0 bridgehead atoms. The Labute approximate surface area is 137 Å². The van der Waals surface area contributed by atoms with Crippen LogP contribution in [-0.2, 0) is 9.22 Å². The van der Waals surface area contributed by atoms with Crippen LogP contribution in [-0.4, -0.2) is 48.1 Å². The van der Waals surface area contributed by atoms with Gasteiger partial charge in [-0.2, -0.15) is 0 Å². The van der Waals surface area contributed by atoms with Crippen LogP contribution in [0.15, 0.2) is 0 Å². The molecule has 0 aliphatic heterocycles. The van der Waals surface area contributed by atoms with Crippen molar-refractivity contribution in [2.45, 2.75) is 96.4 Å². The van der Waals surface area contributed by atoms with Crippen molar-refractivity contribution in [1.82, 2.24) is 0 Å². The van der Waals surface area contributed by atoms with Crippen LogP contribution in [0.1, 0.15) is 75.7 Å². The van der Waals surface area contributed by atoms with Gasteiger partial charge < -0.3 is 0 Å². The van der Waals surface area contributed by atoms with Gasteiger partial charge in [-0.1, -0.05) is 0 Å². The number of hydrogen-bond donors (Lipinski definition) is 1. The molecular weight excluding hydrogens is 375 g/mol. The molecule has 0 radical (unpaired) electrons. The Balaban J connectivity index is 5.69. The number of aliphatic hydroxyl groups excluding tert-OH is 1. The van der Waals surface area contributed by atoms with E-state index in [1.54, 1.807) is 0 Å². The van der Waals surface area contributed by atoms with Gasteiger partial charge in [-0.15, -0.1) is 0 Å². The predicted octanol–water partition coefficient (Wildman–Crippen LogP) is 4.14. The first-order valence-electron chi connectivity index (χ1n) is 7.82. The molecular formula is C16H36O4Sn. The molecule has 0 aromatic carbocycles. The summed E-state index contributed by atoms with van der Waals surface area (Å²) >= 11 is -3.90. The molecule has 0 aromatic heterocycles. The van der Waals surface area contributed by atoms with E-state index in [1.807, 2.05) is 62.3 Å². The predicted molar refractivity (Wildman–Crippen MR) is 89.4 cm³/mol. The summed E-state index contributed by atoms with van der Waals surface area (Å²) in [5.74, 6) is 0. The Hall–Kier alpha value is 0.639. The maximum atomic E-state index is 9.36. The summed E-state index contributed by atoms with van der Waals surface area (Å²) in [5.41, 5.74) is -1.01. The minimum absolute atomic E-state index is 0.0991. The molecule has 0 saturated heterocycles. The zero-order valence-corrected chi connectivity index (χ0v) is 18.5. The molecule has 0 heterocycles. The maximum absolute atomic E-state index is 9.36. The van der Waals surface area contributed by atoms with Gasteiger partial charge in [0.15, 0.2) is 0 Å². The quantitative estimate of drug-likeness (QED) is 0.668. The summed E-state index contributed by atoms with van der Waals surface area (Å²) < 4.78 is 19.4. The molecule has 0 amide bonds. The van der Waals surface area contributed by atoms with Gasteiger partial charge in [0.05, 0.1) is 0 Å². The van der Waals surface area contributed by atoms with Crippen LogP contribution in [0.4, 0.5) is 0 Å². The third-order valence-corrected chi connectivity index (χ3v) is 14.5. The third kappa shape index (κ3) is 9.39. The van der Waals surface area contributed by atoms with Crippen molar-refractivity contribution < 1.29 is 14.3 Å². The van der Waals surface area contributed by atoms with Crippen molar-refractivity contribution in [2.24, 2.45) is 0 Å². The number of hydrogen-bond acceptors (Lipinski definition) is 4. The third-order valence-electron chi connectivity index (χ3n) is 2.51. The molecule has 0 rings (SSSR count). The van der Waals surface area contributed by atoms with Crippen molar-refractivity contribution in [3.8, 4) is 0 Å². The van der Waals surface area contributed by atoms with Gasteiger partial charge >= 0.3 is 137 Å². The van der Waals surface area contributed by atoms with Crippen molar-refractivity contribution >= 4 is 19.6 Å². The Morgan fingerprint density at radius 2 is 1.05 bits per heavy atom. The summed E-state index contributed by atoms with van der Waals surface area (Å²) in [6.07, 6.45) is 0.637. The first-order chi connectivity index (χ1) is 9.10. The second-order valence-electron chi connectivity index (χ2n) is 8.66. The molecule has 1 N–H and O–H groups in total. The van der Waals surface area contributed by atoms with Gasteiger partial charge in [-0.05, 0) is 0 Å². The van der Waals surface area contributed by atoms with E-state index in [1.165, 1.54) is 0 Å². The summed E-state index contributed by atoms with van der Waals surface area (Å²) in [6, 6.07) is 0. The van der Waals surface area contributed by atoms with Crippen LogP contribution in [0.2, 0.25) is 3.93 Å². The molecule has 0 aromatic rings.